The number of hydrogen-bond donors (Lipinski definition) is 1. The van der Waals surface area contributed by atoms with E-state index in [1.807, 2.05) is 91.2 Å². The molecule has 4 aromatic rings. The van der Waals surface area contributed by atoms with Crippen LogP contribution in [0.5, 0.6) is 11.5 Å². The van der Waals surface area contributed by atoms with E-state index in [0.29, 0.717) is 18.3 Å². The van der Waals surface area contributed by atoms with Crippen molar-refractivity contribution in [2.24, 2.45) is 0 Å². The van der Waals surface area contributed by atoms with Crippen molar-refractivity contribution >= 4 is 28.5 Å². The number of carbonyl (C=O) groups excluding carboxylic acids is 1. The topological polar surface area (TPSA) is 60.5 Å². The average Bonchev–Trinajstić information content (AvgIpc) is 3.32. The van der Waals surface area contributed by atoms with Crippen molar-refractivity contribution in [1.82, 2.24) is 4.98 Å². The maximum Gasteiger partial charge on any atom is 0.250 e. The van der Waals surface area contributed by atoms with Crippen LogP contribution < -0.4 is 14.8 Å². The van der Waals surface area contributed by atoms with E-state index in [1.165, 1.54) is 17.4 Å². The van der Waals surface area contributed by atoms with Gasteiger partial charge in [0, 0.05) is 17.0 Å². The van der Waals surface area contributed by atoms with Gasteiger partial charge in [-0.15, -0.1) is 11.3 Å². The summed E-state index contributed by atoms with van der Waals surface area (Å²) in [6, 6.07) is 25.4. The summed E-state index contributed by atoms with van der Waals surface area (Å²) in [7, 11) is 0. The number of amides is 1. The first-order valence-corrected chi connectivity index (χ1v) is 11.5. The van der Waals surface area contributed by atoms with Gasteiger partial charge in [-0.25, -0.2) is 4.98 Å². The molecule has 0 aliphatic carbocycles. The van der Waals surface area contributed by atoms with E-state index in [0.717, 1.165) is 33.9 Å². The van der Waals surface area contributed by atoms with E-state index < -0.39 is 0 Å². The first kappa shape index (κ1) is 22.3. The van der Waals surface area contributed by atoms with Crippen molar-refractivity contribution in [2.75, 3.05) is 11.9 Å². The minimum atomic E-state index is -0.230. The second-order valence-corrected chi connectivity index (χ2v) is 8.02. The molecule has 0 fully saturated rings. The zero-order valence-electron chi connectivity index (χ0n) is 18.2. The largest absolute Gasteiger partial charge is 0.494 e. The van der Waals surface area contributed by atoms with Crippen LogP contribution in [0.1, 0.15) is 18.1 Å². The highest BCUT2D eigenvalue weighted by molar-refractivity contribution is 7.14. The molecule has 0 atom stereocenters. The van der Waals surface area contributed by atoms with Crippen LogP contribution in [-0.4, -0.2) is 17.5 Å². The van der Waals surface area contributed by atoms with Gasteiger partial charge < -0.3 is 9.47 Å². The molecule has 6 heteroatoms. The summed E-state index contributed by atoms with van der Waals surface area (Å²) in [5, 5.41) is 5.29. The molecule has 4 rings (SSSR count). The lowest BCUT2D eigenvalue weighted by Crippen LogP contribution is -2.07. The van der Waals surface area contributed by atoms with Gasteiger partial charge in [0.2, 0.25) is 5.91 Å². The van der Waals surface area contributed by atoms with Crippen LogP contribution in [0.3, 0.4) is 0 Å². The molecule has 1 heterocycles. The van der Waals surface area contributed by atoms with Gasteiger partial charge >= 0.3 is 0 Å². The molecule has 0 bridgehead atoms. The van der Waals surface area contributed by atoms with Gasteiger partial charge in [0.05, 0.1) is 12.3 Å². The molecule has 0 saturated heterocycles. The Hall–Kier alpha value is -3.90. The third-order valence-electron chi connectivity index (χ3n) is 4.75. The highest BCUT2D eigenvalue weighted by atomic mass is 32.1. The average molecular weight is 457 g/mol. The number of aromatic nitrogens is 1. The molecule has 0 aliphatic rings. The Kier molecular flexibility index (Phi) is 7.51. The van der Waals surface area contributed by atoms with Crippen molar-refractivity contribution in [3.63, 3.8) is 0 Å². The first-order valence-electron chi connectivity index (χ1n) is 10.6. The van der Waals surface area contributed by atoms with Crippen molar-refractivity contribution in [2.45, 2.75) is 13.5 Å². The Bertz CT molecular complexity index is 1200. The Morgan fingerprint density at radius 3 is 2.36 bits per heavy atom. The smallest absolute Gasteiger partial charge is 0.250 e. The maximum atomic E-state index is 12.3. The summed E-state index contributed by atoms with van der Waals surface area (Å²) in [4.78, 5) is 16.8. The molecule has 0 unspecified atom stereocenters. The van der Waals surface area contributed by atoms with E-state index in [9.17, 15) is 4.79 Å². The van der Waals surface area contributed by atoms with Crippen molar-refractivity contribution in [3.8, 4) is 22.8 Å². The predicted molar refractivity (Wildman–Crippen MR) is 134 cm³/mol. The second-order valence-electron chi connectivity index (χ2n) is 7.16. The molecular formula is C27H24N2O3S. The predicted octanol–water partition coefficient (Wildman–Crippen LogP) is 6.44. The number of carbonyl (C=O) groups is 1. The standard InChI is InChI=1S/C27H24N2O3S/c1-2-31-23-15-11-22(12-16-23)25-19-33-27(28-25)29-26(30)17-10-20-8-13-24(14-9-20)32-18-21-6-4-3-5-7-21/h3-17,19H,2,18H2,1H3,(H,28,29,30)/b17-10+. The molecule has 0 aliphatic heterocycles. The van der Waals surface area contributed by atoms with E-state index in [1.54, 1.807) is 6.08 Å². The molecule has 1 aromatic heterocycles. The Morgan fingerprint density at radius 2 is 1.64 bits per heavy atom. The van der Waals surface area contributed by atoms with Crippen molar-refractivity contribution in [3.05, 3.63) is 101 Å². The lowest BCUT2D eigenvalue weighted by Gasteiger charge is -2.06. The number of benzene rings is 3. The normalized spacial score (nSPS) is 10.8. The van der Waals surface area contributed by atoms with Crippen LogP contribution in [0.15, 0.2) is 90.3 Å². The van der Waals surface area contributed by atoms with E-state index in [4.69, 9.17) is 9.47 Å². The third-order valence-corrected chi connectivity index (χ3v) is 5.51. The number of anilines is 1. The number of thiazole rings is 1. The number of rotatable bonds is 9. The lowest BCUT2D eigenvalue weighted by atomic mass is 10.2. The zero-order chi connectivity index (χ0) is 22.9. The molecule has 166 valence electrons. The van der Waals surface area contributed by atoms with Crippen LogP contribution in [0, 0.1) is 0 Å². The zero-order valence-corrected chi connectivity index (χ0v) is 19.0. The molecule has 1 amide bonds. The number of ether oxygens (including phenoxy) is 2. The van der Waals surface area contributed by atoms with Gasteiger partial charge in [-0.05, 0) is 60.5 Å². The van der Waals surface area contributed by atoms with Crippen molar-refractivity contribution in [1.29, 1.82) is 0 Å². The molecule has 0 radical (unpaired) electrons. The third kappa shape index (κ3) is 6.54. The Labute approximate surface area is 197 Å². The quantitative estimate of drug-likeness (QED) is 0.295. The molecule has 5 nitrogen and oxygen atoms in total. The van der Waals surface area contributed by atoms with Crippen LogP contribution in [0.2, 0.25) is 0 Å². The van der Waals surface area contributed by atoms with Gasteiger partial charge in [0.25, 0.3) is 0 Å². The SMILES string of the molecule is CCOc1ccc(-c2csc(NC(=O)/C=C/c3ccc(OCc4ccccc4)cc3)n2)cc1. The van der Waals surface area contributed by atoms with Gasteiger partial charge in [0.1, 0.15) is 18.1 Å². The molecule has 0 saturated carbocycles. The van der Waals surface area contributed by atoms with Gasteiger partial charge in [-0.2, -0.15) is 0 Å². The second kappa shape index (κ2) is 11.1. The molecule has 0 spiro atoms. The maximum absolute atomic E-state index is 12.3. The lowest BCUT2D eigenvalue weighted by molar-refractivity contribution is -0.111. The fourth-order valence-electron chi connectivity index (χ4n) is 3.09. The highest BCUT2D eigenvalue weighted by Gasteiger charge is 2.07. The van der Waals surface area contributed by atoms with Gasteiger partial charge in [0.15, 0.2) is 5.13 Å². The molecule has 3 aromatic carbocycles. The summed E-state index contributed by atoms with van der Waals surface area (Å²) in [5.41, 5.74) is 3.81. The minimum Gasteiger partial charge on any atom is -0.494 e. The minimum absolute atomic E-state index is 0.230. The Balaban J connectivity index is 1.29. The summed E-state index contributed by atoms with van der Waals surface area (Å²) >= 11 is 1.39. The van der Waals surface area contributed by atoms with Crippen LogP contribution >= 0.6 is 11.3 Å². The van der Waals surface area contributed by atoms with E-state index in [2.05, 4.69) is 10.3 Å². The number of nitrogens with zero attached hydrogens (tertiary/aromatic N) is 1. The first-order chi connectivity index (χ1) is 16.2. The number of nitrogens with one attached hydrogen (secondary N) is 1. The Morgan fingerprint density at radius 1 is 0.939 bits per heavy atom. The highest BCUT2D eigenvalue weighted by Crippen LogP contribution is 2.26. The van der Waals surface area contributed by atoms with E-state index in [-0.39, 0.29) is 5.91 Å². The van der Waals surface area contributed by atoms with Gasteiger partial charge in [-0.1, -0.05) is 42.5 Å². The molecular weight excluding hydrogens is 432 g/mol. The summed E-state index contributed by atoms with van der Waals surface area (Å²) in [5.74, 6) is 1.38. The molecule has 33 heavy (non-hydrogen) atoms. The summed E-state index contributed by atoms with van der Waals surface area (Å²) < 4.78 is 11.3. The monoisotopic (exact) mass is 456 g/mol. The van der Waals surface area contributed by atoms with Crippen molar-refractivity contribution < 1.29 is 14.3 Å². The van der Waals surface area contributed by atoms with Gasteiger partial charge in [-0.3, -0.25) is 10.1 Å². The summed E-state index contributed by atoms with van der Waals surface area (Å²) in [6.45, 7) is 3.10. The molecule has 1 N–H and O–H groups in total. The number of hydrogen-bond acceptors (Lipinski definition) is 5. The van der Waals surface area contributed by atoms with E-state index >= 15 is 0 Å². The fraction of sp³-hybridized carbons (Fsp3) is 0.111. The summed E-state index contributed by atoms with van der Waals surface area (Å²) in [6.07, 6.45) is 3.26. The van der Waals surface area contributed by atoms with Crippen LogP contribution in [0.4, 0.5) is 5.13 Å². The van der Waals surface area contributed by atoms with Crippen LogP contribution in [-0.2, 0) is 11.4 Å². The van der Waals surface area contributed by atoms with Crippen LogP contribution in [0.25, 0.3) is 17.3 Å². The fourth-order valence-corrected chi connectivity index (χ4v) is 3.81.